The first-order chi connectivity index (χ1) is 19.8. The lowest BCUT2D eigenvalue weighted by molar-refractivity contribution is -0.0997. The molecule has 2 aliphatic carbocycles. The Morgan fingerprint density at radius 3 is 2.78 bits per heavy atom. The molecule has 11 nitrogen and oxygen atoms in total. The molecule has 3 heterocycles. The zero-order valence-corrected chi connectivity index (χ0v) is 23.5. The highest BCUT2D eigenvalue weighted by atomic mass is 16.5. The second-order valence-electron chi connectivity index (χ2n) is 11.3. The number of hydrogen-bond donors (Lipinski definition) is 3. The van der Waals surface area contributed by atoms with Gasteiger partial charge in [0.15, 0.2) is 5.75 Å². The molecule has 1 aliphatic heterocycles. The fourth-order valence-corrected chi connectivity index (χ4v) is 5.84. The highest BCUT2D eigenvalue weighted by molar-refractivity contribution is 6.04. The number of furan rings is 1. The summed E-state index contributed by atoms with van der Waals surface area (Å²) in [6, 6.07) is 8.71. The van der Waals surface area contributed by atoms with Crippen LogP contribution in [0.5, 0.6) is 11.5 Å². The van der Waals surface area contributed by atoms with Crippen molar-refractivity contribution >= 4 is 22.8 Å². The zero-order chi connectivity index (χ0) is 28.7. The molecule has 3 aromatic rings. The van der Waals surface area contributed by atoms with E-state index < -0.39 is 11.8 Å². The molecule has 2 aromatic heterocycles. The van der Waals surface area contributed by atoms with Crippen molar-refractivity contribution in [1.29, 1.82) is 0 Å². The Kier molecular flexibility index (Phi) is 7.35. The van der Waals surface area contributed by atoms with Gasteiger partial charge in [-0.05, 0) is 69.4 Å². The predicted octanol–water partition coefficient (Wildman–Crippen LogP) is 3.00. The van der Waals surface area contributed by atoms with Gasteiger partial charge in [0.2, 0.25) is 5.76 Å². The molecule has 2 amide bonds. The van der Waals surface area contributed by atoms with Gasteiger partial charge in [-0.25, -0.2) is 0 Å². The molecule has 2 unspecified atom stereocenters. The van der Waals surface area contributed by atoms with Crippen LogP contribution in [0.1, 0.15) is 65.6 Å². The van der Waals surface area contributed by atoms with Crippen molar-refractivity contribution in [2.24, 2.45) is 0 Å². The Labute approximate surface area is 238 Å². The van der Waals surface area contributed by atoms with Crippen molar-refractivity contribution in [2.45, 2.75) is 75.5 Å². The van der Waals surface area contributed by atoms with E-state index in [1.54, 1.807) is 62.6 Å². The van der Waals surface area contributed by atoms with Gasteiger partial charge >= 0.3 is 0 Å². The summed E-state index contributed by atoms with van der Waals surface area (Å²) in [6.45, 7) is 2.02. The second-order valence-corrected chi connectivity index (χ2v) is 11.3. The third-order valence-corrected chi connectivity index (χ3v) is 8.71. The van der Waals surface area contributed by atoms with Gasteiger partial charge < -0.3 is 34.0 Å². The molecule has 2 saturated carbocycles. The number of hydrogen-bond acceptors (Lipinski definition) is 9. The number of pyridine rings is 1. The van der Waals surface area contributed by atoms with Crippen LogP contribution < -0.4 is 20.1 Å². The first-order valence-corrected chi connectivity index (χ1v) is 14.1. The summed E-state index contributed by atoms with van der Waals surface area (Å²) in [4.78, 5) is 33.0. The Morgan fingerprint density at radius 1 is 1.27 bits per heavy atom. The van der Waals surface area contributed by atoms with E-state index in [4.69, 9.17) is 18.6 Å². The number of aromatic nitrogens is 1. The maximum absolute atomic E-state index is 14.2. The lowest BCUT2D eigenvalue weighted by Crippen LogP contribution is -2.68. The number of carbonyl (C=O) groups is 2. The second kappa shape index (κ2) is 11.0. The van der Waals surface area contributed by atoms with Gasteiger partial charge in [-0.3, -0.25) is 19.9 Å². The molecule has 6 rings (SSSR count). The zero-order valence-electron chi connectivity index (χ0n) is 23.5. The van der Waals surface area contributed by atoms with Crippen LogP contribution in [0, 0.1) is 0 Å². The van der Waals surface area contributed by atoms with E-state index in [0.717, 1.165) is 19.3 Å². The summed E-state index contributed by atoms with van der Waals surface area (Å²) in [5.74, 6) is 0.414. The standard InChI is InChI=1S/C30H36N4O7/c1-30(29(37)32-15-22-23(39-3)8-5-11-31-22)16-40-25-21-10-9-17(27(35)33-18-6-4-7-18)12-24(21)41-26(25)28(36)34(30)19-13-20(14-19)38-2/h5,8-12,18-20,29,32,37H,4,6-7,13-16H2,1-3H3,(H,33,35)/t19-,20+,29?,30?. The van der Waals surface area contributed by atoms with Gasteiger partial charge in [0, 0.05) is 37.5 Å². The minimum atomic E-state index is -1.17. The molecule has 3 aliphatic rings. The Bertz CT molecular complexity index is 1450. The summed E-state index contributed by atoms with van der Waals surface area (Å²) < 4.78 is 23.3. The number of carbonyl (C=O) groups excluding carboxylic acids is 2. The normalized spacial score (nSPS) is 25.0. The van der Waals surface area contributed by atoms with Crippen LogP contribution >= 0.6 is 0 Å². The Morgan fingerprint density at radius 2 is 2.07 bits per heavy atom. The van der Waals surface area contributed by atoms with E-state index in [2.05, 4.69) is 15.6 Å². The first-order valence-electron chi connectivity index (χ1n) is 14.1. The molecule has 0 spiro atoms. The molecule has 2 fully saturated rings. The number of methoxy groups -OCH3 is 2. The number of fused-ring (bicyclic) bond motifs is 3. The molecule has 0 radical (unpaired) electrons. The fraction of sp³-hybridized carbons (Fsp3) is 0.500. The fourth-order valence-electron chi connectivity index (χ4n) is 5.84. The van der Waals surface area contributed by atoms with Crippen LogP contribution in [0.3, 0.4) is 0 Å². The van der Waals surface area contributed by atoms with Crippen LogP contribution in [-0.2, 0) is 11.3 Å². The minimum absolute atomic E-state index is 0.00591. The number of aliphatic hydroxyl groups excluding tert-OH is 1. The summed E-state index contributed by atoms with van der Waals surface area (Å²) in [5.41, 5.74) is 0.341. The van der Waals surface area contributed by atoms with Crippen LogP contribution in [0.15, 0.2) is 40.9 Å². The Hall–Kier alpha value is -3.67. The number of amides is 2. The van der Waals surface area contributed by atoms with Crippen LogP contribution in [-0.4, -0.2) is 77.6 Å². The van der Waals surface area contributed by atoms with Crippen molar-refractivity contribution in [3.05, 3.63) is 53.5 Å². The van der Waals surface area contributed by atoms with Gasteiger partial charge in [-0.15, -0.1) is 0 Å². The van der Waals surface area contributed by atoms with Gasteiger partial charge in [-0.1, -0.05) is 0 Å². The van der Waals surface area contributed by atoms with E-state index >= 15 is 0 Å². The smallest absolute Gasteiger partial charge is 0.294 e. The summed E-state index contributed by atoms with van der Waals surface area (Å²) >= 11 is 0. The molecule has 11 heteroatoms. The number of benzene rings is 1. The van der Waals surface area contributed by atoms with E-state index in [1.165, 1.54) is 0 Å². The van der Waals surface area contributed by atoms with Crippen molar-refractivity contribution in [3.8, 4) is 11.5 Å². The topological polar surface area (TPSA) is 135 Å². The third-order valence-electron chi connectivity index (χ3n) is 8.71. The number of nitrogens with zero attached hydrogens (tertiary/aromatic N) is 2. The molecule has 0 bridgehead atoms. The van der Waals surface area contributed by atoms with E-state index in [0.29, 0.717) is 46.6 Å². The summed E-state index contributed by atoms with van der Waals surface area (Å²) in [5, 5.41) is 18.3. The summed E-state index contributed by atoms with van der Waals surface area (Å²) in [7, 11) is 3.22. The molecule has 2 atom stereocenters. The molecule has 3 N–H and O–H groups in total. The monoisotopic (exact) mass is 564 g/mol. The van der Waals surface area contributed by atoms with Crippen molar-refractivity contribution < 1.29 is 33.3 Å². The van der Waals surface area contributed by atoms with E-state index in [1.807, 2.05) is 0 Å². The first kappa shape index (κ1) is 27.5. The van der Waals surface area contributed by atoms with Crippen molar-refractivity contribution in [2.75, 3.05) is 20.8 Å². The van der Waals surface area contributed by atoms with Gasteiger partial charge in [0.1, 0.15) is 29.7 Å². The average molecular weight is 565 g/mol. The summed E-state index contributed by atoms with van der Waals surface area (Å²) in [6.07, 6.45) is 4.86. The number of nitrogens with one attached hydrogen (secondary N) is 2. The van der Waals surface area contributed by atoms with Crippen LogP contribution in [0.4, 0.5) is 0 Å². The third kappa shape index (κ3) is 4.92. The SMILES string of the molecule is COc1cccnc1CNC(O)C1(C)COc2c(oc3cc(C(=O)NC4CCC4)ccc23)C(=O)N1[C@H]1C[C@@H](OC)C1. The number of ether oxygens (including phenoxy) is 3. The lowest BCUT2D eigenvalue weighted by atomic mass is 9.83. The van der Waals surface area contributed by atoms with Gasteiger partial charge in [0.05, 0.1) is 24.3 Å². The highest BCUT2D eigenvalue weighted by Crippen LogP contribution is 2.43. The quantitative estimate of drug-likeness (QED) is 0.335. The lowest BCUT2D eigenvalue weighted by Gasteiger charge is -2.51. The Balaban J connectivity index is 1.29. The molecular formula is C30H36N4O7. The van der Waals surface area contributed by atoms with Crippen molar-refractivity contribution in [1.82, 2.24) is 20.5 Å². The van der Waals surface area contributed by atoms with Crippen LogP contribution in [0.25, 0.3) is 11.0 Å². The van der Waals surface area contributed by atoms with Crippen LogP contribution in [0.2, 0.25) is 0 Å². The predicted molar refractivity (Wildman–Crippen MR) is 149 cm³/mol. The maximum atomic E-state index is 14.2. The van der Waals surface area contributed by atoms with Gasteiger partial charge in [0.25, 0.3) is 11.8 Å². The van der Waals surface area contributed by atoms with E-state index in [9.17, 15) is 14.7 Å². The largest absolute Gasteiger partial charge is 0.495 e. The molecular weight excluding hydrogens is 528 g/mol. The van der Waals surface area contributed by atoms with E-state index in [-0.39, 0.29) is 48.9 Å². The average Bonchev–Trinajstić information content (AvgIpc) is 3.26. The highest BCUT2D eigenvalue weighted by Gasteiger charge is 2.53. The molecule has 1 aromatic carbocycles. The van der Waals surface area contributed by atoms with Gasteiger partial charge in [-0.2, -0.15) is 0 Å². The molecule has 41 heavy (non-hydrogen) atoms. The number of aliphatic hydroxyl groups is 1. The maximum Gasteiger partial charge on any atom is 0.294 e. The molecule has 0 saturated heterocycles. The number of rotatable bonds is 9. The minimum Gasteiger partial charge on any atom is -0.495 e. The molecule has 218 valence electrons. The van der Waals surface area contributed by atoms with Crippen molar-refractivity contribution in [3.63, 3.8) is 0 Å².